The van der Waals surface area contributed by atoms with Crippen LogP contribution in [0.4, 0.5) is 10.1 Å². The van der Waals surface area contributed by atoms with Gasteiger partial charge in [0.1, 0.15) is 11.5 Å². The molecule has 0 radical (unpaired) electrons. The number of aliphatic hydroxyl groups excluding tert-OH is 1. The Kier molecular flexibility index (Phi) is 5.51. The standard InChI is InChI=1S/C19H24FN3O3/c1-11-8-13(6-7-14(11)20)21-17(25)15-9-12(10-23(15)5)16(24)18(26)22-19(2,3)4/h6-10,16,24H,1-5H3,(H,21,25)(H,22,26). The molecule has 140 valence electrons. The zero-order valence-corrected chi connectivity index (χ0v) is 15.6. The summed E-state index contributed by atoms with van der Waals surface area (Å²) >= 11 is 0. The number of nitrogens with zero attached hydrogens (tertiary/aromatic N) is 1. The lowest BCUT2D eigenvalue weighted by Crippen LogP contribution is -2.43. The molecule has 0 saturated carbocycles. The second-order valence-electron chi connectivity index (χ2n) is 7.33. The average molecular weight is 361 g/mol. The van der Waals surface area contributed by atoms with Crippen LogP contribution >= 0.6 is 0 Å². The van der Waals surface area contributed by atoms with E-state index in [1.165, 1.54) is 35.0 Å². The SMILES string of the molecule is Cc1cc(NC(=O)c2cc(C(O)C(=O)NC(C)(C)C)cn2C)ccc1F. The highest BCUT2D eigenvalue weighted by Crippen LogP contribution is 2.20. The first-order valence-corrected chi connectivity index (χ1v) is 8.22. The van der Waals surface area contributed by atoms with Crippen molar-refractivity contribution in [3.63, 3.8) is 0 Å². The molecule has 1 heterocycles. The van der Waals surface area contributed by atoms with Crippen molar-refractivity contribution in [2.75, 3.05) is 5.32 Å². The number of hydrogen-bond acceptors (Lipinski definition) is 3. The Hall–Kier alpha value is -2.67. The lowest BCUT2D eigenvalue weighted by Gasteiger charge is -2.22. The van der Waals surface area contributed by atoms with E-state index in [4.69, 9.17) is 0 Å². The molecular weight excluding hydrogens is 337 g/mol. The second-order valence-corrected chi connectivity index (χ2v) is 7.33. The van der Waals surface area contributed by atoms with Crippen molar-refractivity contribution in [2.24, 2.45) is 7.05 Å². The molecule has 2 aromatic rings. The maximum absolute atomic E-state index is 13.3. The number of halogens is 1. The normalized spacial score (nSPS) is 12.6. The predicted molar refractivity (Wildman–Crippen MR) is 97.4 cm³/mol. The molecule has 0 saturated heterocycles. The molecule has 2 amide bonds. The molecule has 0 fully saturated rings. The summed E-state index contributed by atoms with van der Waals surface area (Å²) < 4.78 is 14.8. The summed E-state index contributed by atoms with van der Waals surface area (Å²) in [5.41, 5.74) is 0.986. The van der Waals surface area contributed by atoms with E-state index < -0.39 is 23.5 Å². The number of carbonyl (C=O) groups is 2. The molecular formula is C19H24FN3O3. The number of anilines is 1. The molecule has 1 aromatic heterocycles. The summed E-state index contributed by atoms with van der Waals surface area (Å²) in [5, 5.41) is 15.6. The molecule has 3 N–H and O–H groups in total. The van der Waals surface area contributed by atoms with E-state index in [9.17, 15) is 19.1 Å². The quantitative estimate of drug-likeness (QED) is 0.783. The van der Waals surface area contributed by atoms with Gasteiger partial charge in [0.05, 0.1) is 0 Å². The maximum Gasteiger partial charge on any atom is 0.272 e. The van der Waals surface area contributed by atoms with Crippen LogP contribution in [0.3, 0.4) is 0 Å². The number of benzene rings is 1. The molecule has 0 aliphatic rings. The number of aliphatic hydroxyl groups is 1. The van der Waals surface area contributed by atoms with Crippen molar-refractivity contribution in [3.8, 4) is 0 Å². The molecule has 6 nitrogen and oxygen atoms in total. The monoisotopic (exact) mass is 361 g/mol. The van der Waals surface area contributed by atoms with Crippen molar-refractivity contribution in [1.82, 2.24) is 9.88 Å². The predicted octanol–water partition coefficient (Wildman–Crippen LogP) is 2.67. The van der Waals surface area contributed by atoms with Gasteiger partial charge in [0.25, 0.3) is 11.8 Å². The van der Waals surface area contributed by atoms with Gasteiger partial charge in [0.15, 0.2) is 6.10 Å². The summed E-state index contributed by atoms with van der Waals surface area (Å²) in [5.74, 6) is -1.31. The van der Waals surface area contributed by atoms with Gasteiger partial charge in [-0.05, 0) is 57.5 Å². The van der Waals surface area contributed by atoms with E-state index in [0.717, 1.165) is 0 Å². The molecule has 0 aliphatic carbocycles. The van der Waals surface area contributed by atoms with E-state index in [-0.39, 0.29) is 11.5 Å². The Bertz CT molecular complexity index is 837. The molecule has 1 atom stereocenters. The van der Waals surface area contributed by atoms with E-state index in [1.54, 1.807) is 14.0 Å². The Morgan fingerprint density at radius 3 is 2.46 bits per heavy atom. The van der Waals surface area contributed by atoms with Crippen LogP contribution in [0.25, 0.3) is 0 Å². The van der Waals surface area contributed by atoms with Gasteiger partial charge in [-0.25, -0.2) is 4.39 Å². The smallest absolute Gasteiger partial charge is 0.272 e. The topological polar surface area (TPSA) is 83.4 Å². The van der Waals surface area contributed by atoms with Crippen LogP contribution in [0.15, 0.2) is 30.5 Å². The molecule has 0 spiro atoms. The third-order valence-electron chi connectivity index (χ3n) is 3.74. The van der Waals surface area contributed by atoms with Gasteiger partial charge in [0.2, 0.25) is 0 Å². The minimum absolute atomic E-state index is 0.268. The number of carbonyl (C=O) groups excluding carboxylic acids is 2. The minimum Gasteiger partial charge on any atom is -0.378 e. The molecule has 7 heteroatoms. The number of nitrogens with one attached hydrogen (secondary N) is 2. The third kappa shape index (κ3) is 4.70. The Morgan fingerprint density at radius 1 is 1.23 bits per heavy atom. The van der Waals surface area contributed by atoms with E-state index in [1.807, 2.05) is 20.8 Å². The lowest BCUT2D eigenvalue weighted by atomic mass is 10.1. The van der Waals surface area contributed by atoms with Gasteiger partial charge in [0, 0.05) is 30.0 Å². The number of amides is 2. The minimum atomic E-state index is -1.38. The Morgan fingerprint density at radius 2 is 1.88 bits per heavy atom. The molecule has 1 aromatic carbocycles. The van der Waals surface area contributed by atoms with Gasteiger partial charge in [-0.3, -0.25) is 9.59 Å². The van der Waals surface area contributed by atoms with E-state index in [0.29, 0.717) is 16.8 Å². The highest BCUT2D eigenvalue weighted by molar-refractivity contribution is 6.03. The van der Waals surface area contributed by atoms with Gasteiger partial charge in [-0.2, -0.15) is 0 Å². The first kappa shape index (κ1) is 19.7. The van der Waals surface area contributed by atoms with Gasteiger partial charge < -0.3 is 20.3 Å². The van der Waals surface area contributed by atoms with Crippen molar-refractivity contribution in [1.29, 1.82) is 0 Å². The highest BCUT2D eigenvalue weighted by Gasteiger charge is 2.25. The Labute approximate surface area is 152 Å². The van der Waals surface area contributed by atoms with Gasteiger partial charge >= 0.3 is 0 Å². The third-order valence-corrected chi connectivity index (χ3v) is 3.74. The van der Waals surface area contributed by atoms with Crippen LogP contribution in [0, 0.1) is 12.7 Å². The van der Waals surface area contributed by atoms with Crippen molar-refractivity contribution < 1.29 is 19.1 Å². The van der Waals surface area contributed by atoms with Crippen LogP contribution in [0.1, 0.15) is 48.5 Å². The number of aryl methyl sites for hydroxylation is 2. The maximum atomic E-state index is 13.3. The van der Waals surface area contributed by atoms with Crippen molar-refractivity contribution >= 4 is 17.5 Å². The second kappa shape index (κ2) is 7.29. The summed E-state index contributed by atoms with van der Waals surface area (Å²) in [7, 11) is 1.64. The molecule has 0 aliphatic heterocycles. The largest absolute Gasteiger partial charge is 0.378 e. The summed E-state index contributed by atoms with van der Waals surface area (Å²) in [6.45, 7) is 7.04. The van der Waals surface area contributed by atoms with Crippen LogP contribution in [0.2, 0.25) is 0 Å². The molecule has 26 heavy (non-hydrogen) atoms. The highest BCUT2D eigenvalue weighted by atomic mass is 19.1. The summed E-state index contributed by atoms with van der Waals surface area (Å²) in [4.78, 5) is 24.6. The Balaban J connectivity index is 2.17. The fourth-order valence-corrected chi connectivity index (χ4v) is 2.47. The van der Waals surface area contributed by atoms with Crippen LogP contribution in [0.5, 0.6) is 0 Å². The van der Waals surface area contributed by atoms with Gasteiger partial charge in [-0.1, -0.05) is 0 Å². The first-order chi connectivity index (χ1) is 12.0. The molecule has 1 unspecified atom stereocenters. The van der Waals surface area contributed by atoms with Crippen molar-refractivity contribution in [2.45, 2.75) is 39.3 Å². The van der Waals surface area contributed by atoms with Crippen molar-refractivity contribution in [3.05, 3.63) is 53.1 Å². The number of rotatable bonds is 4. The van der Waals surface area contributed by atoms with E-state index in [2.05, 4.69) is 10.6 Å². The number of aromatic nitrogens is 1. The average Bonchev–Trinajstić information content (AvgIpc) is 2.90. The van der Waals surface area contributed by atoms with Gasteiger partial charge in [-0.15, -0.1) is 0 Å². The number of hydrogen-bond donors (Lipinski definition) is 3. The zero-order chi connectivity index (χ0) is 19.6. The van der Waals surface area contributed by atoms with E-state index >= 15 is 0 Å². The zero-order valence-electron chi connectivity index (χ0n) is 15.6. The lowest BCUT2D eigenvalue weighted by molar-refractivity contribution is -0.131. The molecule has 2 rings (SSSR count). The van der Waals surface area contributed by atoms with Crippen LogP contribution in [-0.4, -0.2) is 27.0 Å². The fourth-order valence-electron chi connectivity index (χ4n) is 2.47. The summed E-state index contributed by atoms with van der Waals surface area (Å²) in [6.07, 6.45) is 0.146. The van der Waals surface area contributed by atoms with Crippen LogP contribution in [-0.2, 0) is 11.8 Å². The molecule has 0 bridgehead atoms. The fraction of sp³-hybridized carbons (Fsp3) is 0.368. The summed E-state index contributed by atoms with van der Waals surface area (Å²) in [6, 6.07) is 5.74. The first-order valence-electron chi connectivity index (χ1n) is 8.22. The van der Waals surface area contributed by atoms with Crippen LogP contribution < -0.4 is 10.6 Å².